The molecule has 1 N–H and O–H groups in total. The predicted molar refractivity (Wildman–Crippen MR) is 107 cm³/mol. The van der Waals surface area contributed by atoms with Crippen molar-refractivity contribution in [3.63, 3.8) is 0 Å². The van der Waals surface area contributed by atoms with Crippen molar-refractivity contribution in [1.82, 2.24) is 14.8 Å². The van der Waals surface area contributed by atoms with Gasteiger partial charge in [0.05, 0.1) is 6.04 Å². The lowest BCUT2D eigenvalue weighted by Crippen LogP contribution is -2.41. The molecule has 27 heavy (non-hydrogen) atoms. The Morgan fingerprint density at radius 1 is 1.19 bits per heavy atom. The highest BCUT2D eigenvalue weighted by molar-refractivity contribution is 9.10. The second-order valence-corrected chi connectivity index (χ2v) is 7.64. The van der Waals surface area contributed by atoms with Crippen molar-refractivity contribution in [3.05, 3.63) is 82.0 Å². The third-order valence-corrected chi connectivity index (χ3v) is 5.61. The summed E-state index contributed by atoms with van der Waals surface area (Å²) in [5.74, 6) is 0.119. The molecule has 0 fully saturated rings. The number of rotatable bonds is 5. The van der Waals surface area contributed by atoms with Crippen molar-refractivity contribution < 1.29 is 9.21 Å². The highest BCUT2D eigenvalue weighted by atomic mass is 79.9. The molecule has 1 aliphatic heterocycles. The van der Waals surface area contributed by atoms with Gasteiger partial charge >= 0.3 is 0 Å². The molecule has 1 amide bonds. The topological polar surface area (TPSA) is 50.4 Å². The zero-order valence-electron chi connectivity index (χ0n) is 15.2. The van der Waals surface area contributed by atoms with Crippen LogP contribution in [0.4, 0.5) is 0 Å². The molecule has 1 aliphatic rings. The van der Waals surface area contributed by atoms with E-state index in [1.54, 1.807) is 12.1 Å². The summed E-state index contributed by atoms with van der Waals surface area (Å²) in [4.78, 5) is 14.9. The van der Waals surface area contributed by atoms with E-state index in [1.807, 2.05) is 19.3 Å². The quantitative estimate of drug-likeness (QED) is 0.671. The van der Waals surface area contributed by atoms with Crippen LogP contribution >= 0.6 is 15.9 Å². The summed E-state index contributed by atoms with van der Waals surface area (Å²) >= 11 is 3.24. The van der Waals surface area contributed by atoms with Gasteiger partial charge in [0, 0.05) is 38.6 Å². The second kappa shape index (κ2) is 7.74. The fourth-order valence-electron chi connectivity index (χ4n) is 3.74. The molecular weight excluding hydrogens is 406 g/mol. The molecule has 0 aliphatic carbocycles. The Kier molecular flexibility index (Phi) is 5.18. The average Bonchev–Trinajstić information content (AvgIpc) is 3.30. The van der Waals surface area contributed by atoms with Gasteiger partial charge in [-0.1, -0.05) is 24.3 Å². The van der Waals surface area contributed by atoms with Crippen LogP contribution in [-0.2, 0) is 20.0 Å². The van der Waals surface area contributed by atoms with Gasteiger partial charge in [-0.15, -0.1) is 0 Å². The first-order chi connectivity index (χ1) is 13.1. The Labute approximate surface area is 167 Å². The van der Waals surface area contributed by atoms with Gasteiger partial charge in [0.15, 0.2) is 10.4 Å². The molecule has 0 radical (unpaired) electrons. The molecule has 5 nitrogen and oxygen atoms in total. The summed E-state index contributed by atoms with van der Waals surface area (Å²) in [6, 6.07) is 16.3. The molecule has 0 saturated carbocycles. The summed E-state index contributed by atoms with van der Waals surface area (Å²) in [5, 5.41) is 3.04. The molecule has 4 rings (SSSR count). The lowest BCUT2D eigenvalue weighted by molar-refractivity contribution is 0.0896. The first-order valence-electron chi connectivity index (χ1n) is 9.07. The number of hydrogen-bond acceptors (Lipinski definition) is 3. The summed E-state index contributed by atoms with van der Waals surface area (Å²) in [5.41, 5.74) is 3.98. The van der Waals surface area contributed by atoms with E-state index in [0.717, 1.165) is 19.5 Å². The van der Waals surface area contributed by atoms with Crippen LogP contribution in [-0.4, -0.2) is 28.5 Å². The number of benzene rings is 1. The number of aryl methyl sites for hydroxylation is 1. The maximum atomic E-state index is 12.4. The highest BCUT2D eigenvalue weighted by Crippen LogP contribution is 2.28. The zero-order valence-corrected chi connectivity index (χ0v) is 16.8. The SMILES string of the molecule is Cn1cccc1C(CNC(=O)c1ccc(Br)o1)N1CCc2ccccc2C1. The summed E-state index contributed by atoms with van der Waals surface area (Å²) in [6.45, 7) is 2.38. The average molecular weight is 428 g/mol. The minimum atomic E-state index is -0.197. The van der Waals surface area contributed by atoms with E-state index in [1.165, 1.54) is 16.8 Å². The van der Waals surface area contributed by atoms with Gasteiger partial charge < -0.3 is 14.3 Å². The smallest absolute Gasteiger partial charge is 0.287 e. The largest absolute Gasteiger partial charge is 0.444 e. The number of furan rings is 1. The van der Waals surface area contributed by atoms with Gasteiger partial charge in [-0.2, -0.15) is 0 Å². The minimum absolute atomic E-state index is 0.0979. The van der Waals surface area contributed by atoms with Crippen LogP contribution in [0.15, 0.2) is 63.8 Å². The second-order valence-electron chi connectivity index (χ2n) is 6.86. The Bertz CT molecular complexity index is 946. The molecule has 1 aromatic carbocycles. The third-order valence-electron chi connectivity index (χ3n) is 5.18. The Morgan fingerprint density at radius 2 is 2.00 bits per heavy atom. The van der Waals surface area contributed by atoms with Crippen LogP contribution in [0.2, 0.25) is 0 Å². The summed E-state index contributed by atoms with van der Waals surface area (Å²) in [6.07, 6.45) is 3.07. The highest BCUT2D eigenvalue weighted by Gasteiger charge is 2.27. The predicted octanol–water partition coefficient (Wildman–Crippen LogP) is 3.91. The lowest BCUT2D eigenvalue weighted by atomic mass is 9.98. The van der Waals surface area contributed by atoms with Gasteiger partial charge in [0.25, 0.3) is 5.91 Å². The number of halogens is 1. The van der Waals surface area contributed by atoms with Crippen LogP contribution in [0.25, 0.3) is 0 Å². The maximum Gasteiger partial charge on any atom is 0.287 e. The van der Waals surface area contributed by atoms with Crippen LogP contribution in [0.1, 0.15) is 33.4 Å². The molecular formula is C21H22BrN3O2. The number of nitrogens with one attached hydrogen (secondary N) is 1. The van der Waals surface area contributed by atoms with Crippen LogP contribution in [0, 0.1) is 0 Å². The third kappa shape index (κ3) is 3.87. The number of hydrogen-bond donors (Lipinski definition) is 1. The molecule has 3 aromatic rings. The molecule has 3 heterocycles. The molecule has 0 saturated heterocycles. The molecule has 1 unspecified atom stereocenters. The van der Waals surface area contributed by atoms with E-state index in [-0.39, 0.29) is 11.9 Å². The van der Waals surface area contributed by atoms with E-state index in [4.69, 9.17) is 4.42 Å². The van der Waals surface area contributed by atoms with Crippen molar-refractivity contribution in [2.45, 2.75) is 19.0 Å². The zero-order chi connectivity index (χ0) is 18.8. The van der Waals surface area contributed by atoms with Crippen molar-refractivity contribution in [2.75, 3.05) is 13.1 Å². The first-order valence-corrected chi connectivity index (χ1v) is 9.86. The van der Waals surface area contributed by atoms with Gasteiger partial charge in [-0.25, -0.2) is 0 Å². The number of nitrogens with zero attached hydrogens (tertiary/aromatic N) is 2. The number of aromatic nitrogens is 1. The van der Waals surface area contributed by atoms with Crippen LogP contribution in [0.3, 0.4) is 0 Å². The van der Waals surface area contributed by atoms with E-state index in [9.17, 15) is 4.79 Å². The van der Waals surface area contributed by atoms with Crippen molar-refractivity contribution in [1.29, 1.82) is 0 Å². The molecule has 0 spiro atoms. The van der Waals surface area contributed by atoms with Gasteiger partial charge in [0.1, 0.15) is 0 Å². The summed E-state index contributed by atoms with van der Waals surface area (Å²) in [7, 11) is 2.05. The minimum Gasteiger partial charge on any atom is -0.444 e. The lowest BCUT2D eigenvalue weighted by Gasteiger charge is -2.36. The Morgan fingerprint density at radius 3 is 2.70 bits per heavy atom. The van der Waals surface area contributed by atoms with Gasteiger partial charge in [0.2, 0.25) is 0 Å². The Hall–Kier alpha value is -2.31. The van der Waals surface area contributed by atoms with Gasteiger partial charge in [-0.05, 0) is 57.7 Å². The number of fused-ring (bicyclic) bond motifs is 1. The van der Waals surface area contributed by atoms with Crippen molar-refractivity contribution in [2.24, 2.45) is 7.05 Å². The maximum absolute atomic E-state index is 12.4. The number of amides is 1. The molecule has 0 bridgehead atoms. The standard InChI is InChI=1S/C21H22BrN3O2/c1-24-11-4-7-17(24)18(13-23-21(26)19-8-9-20(22)27-19)25-12-10-15-5-2-3-6-16(15)14-25/h2-9,11,18H,10,12-14H2,1H3,(H,23,26). The van der Waals surface area contributed by atoms with E-state index >= 15 is 0 Å². The van der Waals surface area contributed by atoms with E-state index in [0.29, 0.717) is 17.0 Å². The van der Waals surface area contributed by atoms with Crippen molar-refractivity contribution >= 4 is 21.8 Å². The Balaban J connectivity index is 1.53. The summed E-state index contributed by atoms with van der Waals surface area (Å²) < 4.78 is 8.05. The molecule has 140 valence electrons. The van der Waals surface area contributed by atoms with Crippen LogP contribution < -0.4 is 5.32 Å². The molecule has 6 heteroatoms. The monoisotopic (exact) mass is 427 g/mol. The fraction of sp³-hybridized carbons (Fsp3) is 0.286. The number of carbonyl (C=O) groups is 1. The first kappa shape index (κ1) is 18.1. The van der Waals surface area contributed by atoms with Crippen LogP contribution in [0.5, 0.6) is 0 Å². The molecule has 2 aromatic heterocycles. The van der Waals surface area contributed by atoms with E-state index < -0.39 is 0 Å². The fourth-order valence-corrected chi connectivity index (χ4v) is 4.04. The van der Waals surface area contributed by atoms with E-state index in [2.05, 4.69) is 61.0 Å². The normalized spacial score (nSPS) is 15.3. The van der Waals surface area contributed by atoms with Crippen molar-refractivity contribution in [3.8, 4) is 0 Å². The molecule has 1 atom stereocenters. The number of carbonyl (C=O) groups excluding carboxylic acids is 1. The van der Waals surface area contributed by atoms with Gasteiger partial charge in [-0.3, -0.25) is 9.69 Å².